The molecular weight excluding hydrogens is 349 g/mol. The van der Waals surface area contributed by atoms with Crippen molar-refractivity contribution >= 4 is 10.0 Å². The number of alkyl halides is 2. The summed E-state index contributed by atoms with van der Waals surface area (Å²) in [6.45, 7) is -0.737. The maximum Gasteiger partial charge on any atom is 0.273 e. The van der Waals surface area contributed by atoms with Crippen LogP contribution >= 0.6 is 0 Å². The Morgan fingerprint density at radius 3 is 2.75 bits per heavy atom. The summed E-state index contributed by atoms with van der Waals surface area (Å²) in [6, 6.07) is 2.97. The van der Waals surface area contributed by atoms with Crippen LogP contribution in [0.3, 0.4) is 0 Å². The highest BCUT2D eigenvalue weighted by molar-refractivity contribution is 7.89. The van der Waals surface area contributed by atoms with E-state index in [0.29, 0.717) is 13.2 Å². The van der Waals surface area contributed by atoms with Crippen LogP contribution in [-0.4, -0.2) is 47.3 Å². The standard InChI is InChI=1S/C14H19F3N2O4S/c15-12-5-11(24(20,21)19-9-14(16,17)8-18)1-2-13(12)23-7-10-3-4-22-6-10/h1-2,5,10,19H,3-4,6-9,18H2. The molecule has 1 aliphatic rings. The average Bonchev–Trinajstić information content (AvgIpc) is 3.05. The molecule has 0 radical (unpaired) electrons. The van der Waals surface area contributed by atoms with Crippen LogP contribution in [0.1, 0.15) is 6.42 Å². The summed E-state index contributed by atoms with van der Waals surface area (Å²) < 4.78 is 76.1. The molecule has 2 rings (SSSR count). The highest BCUT2D eigenvalue weighted by Gasteiger charge is 2.29. The molecule has 6 nitrogen and oxygen atoms in total. The molecule has 24 heavy (non-hydrogen) atoms. The molecule has 1 saturated heterocycles. The molecule has 0 spiro atoms. The van der Waals surface area contributed by atoms with Gasteiger partial charge in [0.1, 0.15) is 0 Å². The van der Waals surface area contributed by atoms with Gasteiger partial charge in [-0.1, -0.05) is 0 Å². The van der Waals surface area contributed by atoms with Crippen LogP contribution < -0.4 is 15.2 Å². The summed E-state index contributed by atoms with van der Waals surface area (Å²) in [5, 5.41) is 0. The Morgan fingerprint density at radius 1 is 1.42 bits per heavy atom. The van der Waals surface area contributed by atoms with Crippen LogP contribution in [0.4, 0.5) is 13.2 Å². The van der Waals surface area contributed by atoms with Crippen LogP contribution in [0.2, 0.25) is 0 Å². The lowest BCUT2D eigenvalue weighted by Gasteiger charge is -2.15. The van der Waals surface area contributed by atoms with Crippen LogP contribution in [0.25, 0.3) is 0 Å². The quantitative estimate of drug-likeness (QED) is 0.717. The predicted molar refractivity (Wildman–Crippen MR) is 80.0 cm³/mol. The van der Waals surface area contributed by atoms with Crippen LogP contribution in [-0.2, 0) is 14.8 Å². The number of nitrogens with one attached hydrogen (secondary N) is 1. The number of sulfonamides is 1. The number of hydrogen-bond donors (Lipinski definition) is 2. The van der Waals surface area contributed by atoms with E-state index in [4.69, 9.17) is 15.2 Å². The number of hydrogen-bond acceptors (Lipinski definition) is 5. The van der Waals surface area contributed by atoms with Crippen molar-refractivity contribution in [1.29, 1.82) is 0 Å². The van der Waals surface area contributed by atoms with E-state index in [1.165, 1.54) is 0 Å². The van der Waals surface area contributed by atoms with Crippen LogP contribution in [0.5, 0.6) is 5.75 Å². The third kappa shape index (κ3) is 5.07. The molecule has 1 unspecified atom stereocenters. The van der Waals surface area contributed by atoms with E-state index in [9.17, 15) is 21.6 Å². The molecule has 1 atom stereocenters. The summed E-state index contributed by atoms with van der Waals surface area (Å²) >= 11 is 0. The SMILES string of the molecule is NCC(F)(F)CNS(=O)(=O)c1ccc(OCC2CCOC2)c(F)c1. The van der Waals surface area contributed by atoms with Crippen molar-refractivity contribution in [3.63, 3.8) is 0 Å². The van der Waals surface area contributed by atoms with Crippen molar-refractivity contribution in [3.05, 3.63) is 24.0 Å². The van der Waals surface area contributed by atoms with E-state index in [-0.39, 0.29) is 18.3 Å². The molecule has 0 amide bonds. The van der Waals surface area contributed by atoms with Gasteiger partial charge in [-0.15, -0.1) is 0 Å². The first-order valence-corrected chi connectivity index (χ1v) is 8.79. The zero-order valence-electron chi connectivity index (χ0n) is 12.8. The van der Waals surface area contributed by atoms with E-state index >= 15 is 0 Å². The van der Waals surface area contributed by atoms with E-state index in [0.717, 1.165) is 24.6 Å². The molecule has 0 saturated carbocycles. The van der Waals surface area contributed by atoms with Gasteiger partial charge in [0.25, 0.3) is 5.92 Å². The minimum absolute atomic E-state index is 0.104. The Kier molecular flexibility index (Phi) is 6.07. The second kappa shape index (κ2) is 7.68. The topological polar surface area (TPSA) is 90.7 Å². The molecule has 1 heterocycles. The van der Waals surface area contributed by atoms with E-state index < -0.39 is 39.7 Å². The highest BCUT2D eigenvalue weighted by atomic mass is 32.2. The number of ether oxygens (including phenoxy) is 2. The van der Waals surface area contributed by atoms with Gasteiger partial charge in [-0.3, -0.25) is 0 Å². The van der Waals surface area contributed by atoms with Gasteiger partial charge in [0.15, 0.2) is 11.6 Å². The van der Waals surface area contributed by atoms with Crippen molar-refractivity contribution in [2.24, 2.45) is 11.7 Å². The van der Waals surface area contributed by atoms with Gasteiger partial charge < -0.3 is 15.2 Å². The molecule has 1 fully saturated rings. The lowest BCUT2D eigenvalue weighted by atomic mass is 10.1. The molecule has 10 heteroatoms. The first-order chi connectivity index (χ1) is 11.2. The number of benzene rings is 1. The van der Waals surface area contributed by atoms with Gasteiger partial charge in [0.05, 0.1) is 31.2 Å². The van der Waals surface area contributed by atoms with Crippen molar-refractivity contribution in [2.45, 2.75) is 17.2 Å². The fourth-order valence-corrected chi connectivity index (χ4v) is 3.12. The number of nitrogens with two attached hydrogens (primary N) is 1. The van der Waals surface area contributed by atoms with Gasteiger partial charge in [-0.25, -0.2) is 26.3 Å². The fraction of sp³-hybridized carbons (Fsp3) is 0.571. The maximum atomic E-state index is 14.0. The highest BCUT2D eigenvalue weighted by Crippen LogP contribution is 2.23. The largest absolute Gasteiger partial charge is 0.490 e. The Bertz CT molecular complexity index is 664. The van der Waals surface area contributed by atoms with Crippen molar-refractivity contribution in [2.75, 3.05) is 32.9 Å². The summed E-state index contributed by atoms with van der Waals surface area (Å²) in [5.74, 6) is -4.21. The second-order valence-electron chi connectivity index (χ2n) is 5.52. The normalized spacial score (nSPS) is 18.8. The van der Waals surface area contributed by atoms with Gasteiger partial charge in [-0.05, 0) is 24.6 Å². The summed E-state index contributed by atoms with van der Waals surface area (Å²) in [5.41, 5.74) is 4.83. The monoisotopic (exact) mass is 368 g/mol. The number of halogens is 3. The third-order valence-corrected chi connectivity index (χ3v) is 4.93. The van der Waals surface area contributed by atoms with E-state index in [1.807, 2.05) is 0 Å². The zero-order valence-corrected chi connectivity index (χ0v) is 13.6. The Balaban J connectivity index is 2.01. The van der Waals surface area contributed by atoms with Gasteiger partial charge >= 0.3 is 0 Å². The summed E-state index contributed by atoms with van der Waals surface area (Å²) in [7, 11) is -4.27. The smallest absolute Gasteiger partial charge is 0.273 e. The maximum absolute atomic E-state index is 14.0. The summed E-state index contributed by atoms with van der Waals surface area (Å²) in [6.07, 6.45) is 0.813. The molecule has 0 aliphatic carbocycles. The first kappa shape index (κ1) is 19.0. The fourth-order valence-electron chi connectivity index (χ4n) is 2.04. The van der Waals surface area contributed by atoms with E-state index in [1.54, 1.807) is 4.72 Å². The minimum Gasteiger partial charge on any atom is -0.490 e. The molecule has 1 aromatic carbocycles. The Morgan fingerprint density at radius 2 is 2.17 bits per heavy atom. The van der Waals surface area contributed by atoms with Gasteiger partial charge in [0, 0.05) is 12.5 Å². The second-order valence-corrected chi connectivity index (χ2v) is 7.28. The van der Waals surface area contributed by atoms with Gasteiger partial charge in [-0.2, -0.15) is 0 Å². The van der Waals surface area contributed by atoms with Crippen molar-refractivity contribution in [1.82, 2.24) is 4.72 Å². The average molecular weight is 368 g/mol. The van der Waals surface area contributed by atoms with Crippen molar-refractivity contribution in [3.8, 4) is 5.75 Å². The molecule has 136 valence electrons. The minimum atomic E-state index is -4.27. The lowest BCUT2D eigenvalue weighted by Crippen LogP contribution is -2.41. The molecule has 1 aromatic rings. The molecule has 0 bridgehead atoms. The predicted octanol–water partition coefficient (Wildman–Crippen LogP) is 1.11. The molecular formula is C14H19F3N2O4S. The molecule has 1 aliphatic heterocycles. The van der Waals surface area contributed by atoms with Crippen LogP contribution in [0, 0.1) is 11.7 Å². The molecule has 3 N–H and O–H groups in total. The zero-order chi connectivity index (χ0) is 17.8. The molecule has 0 aromatic heterocycles. The van der Waals surface area contributed by atoms with Crippen molar-refractivity contribution < 1.29 is 31.1 Å². The Labute approximate surface area is 138 Å². The number of rotatable bonds is 8. The third-order valence-electron chi connectivity index (χ3n) is 3.53. The van der Waals surface area contributed by atoms with E-state index in [2.05, 4.69) is 0 Å². The Hall–Kier alpha value is -1.36. The summed E-state index contributed by atoms with van der Waals surface area (Å²) in [4.78, 5) is -0.468. The van der Waals surface area contributed by atoms with Gasteiger partial charge in [0.2, 0.25) is 10.0 Å². The van der Waals surface area contributed by atoms with Crippen LogP contribution in [0.15, 0.2) is 23.1 Å². The first-order valence-electron chi connectivity index (χ1n) is 7.31. The lowest BCUT2D eigenvalue weighted by molar-refractivity contribution is 0.0170.